The first kappa shape index (κ1) is 21.2. The highest BCUT2D eigenvalue weighted by Crippen LogP contribution is 2.32. The summed E-state index contributed by atoms with van der Waals surface area (Å²) in [6, 6.07) is 3.45. The van der Waals surface area contributed by atoms with E-state index in [1.165, 1.54) is 18.0 Å². The van der Waals surface area contributed by atoms with E-state index >= 15 is 0 Å². The van der Waals surface area contributed by atoms with Crippen molar-refractivity contribution in [1.82, 2.24) is 30.7 Å². The molecular formula is C17H19BrN8O4. The molecule has 0 bridgehead atoms. The van der Waals surface area contributed by atoms with Gasteiger partial charge in [-0.25, -0.2) is 10.1 Å². The van der Waals surface area contributed by atoms with Crippen LogP contribution in [0.5, 0.6) is 11.5 Å². The lowest BCUT2D eigenvalue weighted by Gasteiger charge is -2.09. The van der Waals surface area contributed by atoms with Gasteiger partial charge in [0, 0.05) is 10.0 Å². The van der Waals surface area contributed by atoms with E-state index in [0.29, 0.717) is 27.2 Å². The quantitative estimate of drug-likeness (QED) is 0.382. The Hall–Kier alpha value is -3.48. The fourth-order valence-corrected chi connectivity index (χ4v) is 3.07. The molecule has 2 heterocycles. The molecule has 0 saturated heterocycles. The molecule has 0 radical (unpaired) electrons. The monoisotopic (exact) mass is 478 g/mol. The predicted octanol–water partition coefficient (Wildman–Crippen LogP) is 1.90. The number of rotatable bonds is 7. The van der Waals surface area contributed by atoms with Gasteiger partial charge in [0.15, 0.2) is 17.2 Å². The van der Waals surface area contributed by atoms with Crippen molar-refractivity contribution in [2.45, 2.75) is 19.8 Å². The van der Waals surface area contributed by atoms with Crippen LogP contribution in [0.15, 0.2) is 26.3 Å². The van der Waals surface area contributed by atoms with Crippen LogP contribution in [0.3, 0.4) is 0 Å². The van der Waals surface area contributed by atoms with Crippen LogP contribution in [0.25, 0.3) is 5.82 Å². The summed E-state index contributed by atoms with van der Waals surface area (Å²) in [5, 5.41) is 19.1. The molecule has 3 N–H and O–H groups in total. The van der Waals surface area contributed by atoms with Crippen LogP contribution < -0.4 is 20.6 Å². The number of nitrogen functional groups attached to an aromatic ring is 1. The van der Waals surface area contributed by atoms with E-state index in [-0.39, 0.29) is 23.2 Å². The number of carbonyl (C=O) groups excluding carboxylic acids is 1. The van der Waals surface area contributed by atoms with Crippen molar-refractivity contribution in [1.29, 1.82) is 0 Å². The van der Waals surface area contributed by atoms with Gasteiger partial charge in [0.25, 0.3) is 5.91 Å². The van der Waals surface area contributed by atoms with Crippen molar-refractivity contribution in [3.63, 3.8) is 0 Å². The Morgan fingerprint density at radius 2 is 2.00 bits per heavy atom. The molecule has 0 aliphatic carbocycles. The Balaban J connectivity index is 1.84. The minimum absolute atomic E-state index is 0.0325. The Labute approximate surface area is 179 Å². The van der Waals surface area contributed by atoms with E-state index in [2.05, 4.69) is 51.7 Å². The van der Waals surface area contributed by atoms with Crippen LogP contribution >= 0.6 is 15.9 Å². The van der Waals surface area contributed by atoms with Gasteiger partial charge in [0.1, 0.15) is 0 Å². The maximum atomic E-state index is 12.6. The fraction of sp³-hybridized carbons (Fsp3) is 0.294. The molecule has 12 nitrogen and oxygen atoms in total. The maximum absolute atomic E-state index is 12.6. The average molecular weight is 479 g/mol. The molecular weight excluding hydrogens is 460 g/mol. The van der Waals surface area contributed by atoms with Gasteiger partial charge in [-0.1, -0.05) is 19.1 Å². The van der Waals surface area contributed by atoms with Crippen molar-refractivity contribution in [3.8, 4) is 17.3 Å². The number of anilines is 1. The third-order valence-corrected chi connectivity index (χ3v) is 4.72. The zero-order valence-electron chi connectivity index (χ0n) is 16.6. The highest BCUT2D eigenvalue weighted by Gasteiger charge is 2.25. The van der Waals surface area contributed by atoms with Crippen LogP contribution in [0.4, 0.5) is 5.82 Å². The van der Waals surface area contributed by atoms with Crippen LogP contribution in [-0.4, -0.2) is 51.6 Å². The number of aromatic nitrogens is 5. The summed E-state index contributed by atoms with van der Waals surface area (Å²) in [4.78, 5) is 12.6. The van der Waals surface area contributed by atoms with Crippen LogP contribution in [0.2, 0.25) is 0 Å². The average Bonchev–Trinajstić information content (AvgIpc) is 3.34. The molecule has 0 spiro atoms. The summed E-state index contributed by atoms with van der Waals surface area (Å²) in [6.07, 6.45) is 1.46. The van der Waals surface area contributed by atoms with Crippen LogP contribution in [-0.2, 0) is 0 Å². The predicted molar refractivity (Wildman–Crippen MR) is 110 cm³/mol. The van der Waals surface area contributed by atoms with Gasteiger partial charge >= 0.3 is 0 Å². The number of nitrogens with two attached hydrogens (primary N) is 1. The normalized spacial score (nSPS) is 11.3. The van der Waals surface area contributed by atoms with E-state index in [1.807, 2.05) is 13.8 Å². The number of hydrogen-bond acceptors (Lipinski definition) is 10. The summed E-state index contributed by atoms with van der Waals surface area (Å²) < 4.78 is 17.1. The standard InChI is InChI=1S/C17H19BrN8O4/c1-8(2)14-13(21-25-26(14)16-15(19)23-30-24-16)17(27)22-20-7-9-5-11(28-3)12(29-4)6-10(9)18/h5-8H,1-4H3,(H2,19,23)(H,22,27). The molecule has 1 aromatic carbocycles. The van der Waals surface area contributed by atoms with Gasteiger partial charge in [-0.2, -0.15) is 9.78 Å². The van der Waals surface area contributed by atoms with Crippen molar-refractivity contribution in [2.24, 2.45) is 5.10 Å². The highest BCUT2D eigenvalue weighted by atomic mass is 79.9. The maximum Gasteiger partial charge on any atom is 0.293 e. The SMILES string of the molecule is COc1cc(Br)c(C=NNC(=O)c2nnn(-c3nonc3N)c2C(C)C)cc1OC. The Morgan fingerprint density at radius 1 is 1.30 bits per heavy atom. The first-order chi connectivity index (χ1) is 14.4. The van der Waals surface area contributed by atoms with E-state index in [9.17, 15) is 4.79 Å². The first-order valence-corrected chi connectivity index (χ1v) is 9.45. The van der Waals surface area contributed by atoms with Gasteiger partial charge in [-0.15, -0.1) is 5.10 Å². The molecule has 1 amide bonds. The summed E-state index contributed by atoms with van der Waals surface area (Å²) in [7, 11) is 3.07. The highest BCUT2D eigenvalue weighted by molar-refractivity contribution is 9.10. The largest absolute Gasteiger partial charge is 0.493 e. The molecule has 0 saturated carbocycles. The molecule has 30 heavy (non-hydrogen) atoms. The number of hydrazone groups is 1. The molecule has 3 rings (SSSR count). The van der Waals surface area contributed by atoms with Gasteiger partial charge < -0.3 is 15.2 Å². The molecule has 2 aromatic heterocycles. The second-order valence-corrected chi connectivity index (χ2v) is 7.15. The van der Waals surface area contributed by atoms with Gasteiger partial charge in [0.05, 0.1) is 26.1 Å². The van der Waals surface area contributed by atoms with Crippen molar-refractivity contribution in [2.75, 3.05) is 20.0 Å². The number of hydrogen-bond donors (Lipinski definition) is 2. The fourth-order valence-electron chi connectivity index (χ4n) is 2.65. The molecule has 3 aromatic rings. The second kappa shape index (κ2) is 8.90. The number of ether oxygens (including phenoxy) is 2. The number of benzene rings is 1. The van der Waals surface area contributed by atoms with Crippen molar-refractivity contribution >= 4 is 33.9 Å². The molecule has 0 fully saturated rings. The number of halogens is 1. The lowest BCUT2D eigenvalue weighted by Crippen LogP contribution is -2.21. The van der Waals surface area contributed by atoms with Gasteiger partial charge in [-0.3, -0.25) is 4.79 Å². The van der Waals surface area contributed by atoms with E-state index in [1.54, 1.807) is 19.2 Å². The minimum Gasteiger partial charge on any atom is -0.493 e. The molecule has 0 aliphatic heterocycles. The van der Waals surface area contributed by atoms with Crippen LogP contribution in [0.1, 0.15) is 41.5 Å². The topological polar surface area (TPSA) is 156 Å². The zero-order chi connectivity index (χ0) is 21.8. The number of amides is 1. The summed E-state index contributed by atoms with van der Waals surface area (Å²) in [5.74, 6) is 0.601. The number of nitrogens with one attached hydrogen (secondary N) is 1. The lowest BCUT2D eigenvalue weighted by molar-refractivity contribution is 0.0948. The number of methoxy groups -OCH3 is 2. The van der Waals surface area contributed by atoms with E-state index in [4.69, 9.17) is 15.2 Å². The summed E-state index contributed by atoms with van der Waals surface area (Å²) in [5.41, 5.74) is 9.40. The molecule has 158 valence electrons. The molecule has 0 atom stereocenters. The summed E-state index contributed by atoms with van der Waals surface area (Å²) in [6.45, 7) is 3.75. The third kappa shape index (κ3) is 4.10. The Morgan fingerprint density at radius 3 is 2.60 bits per heavy atom. The number of carbonyl (C=O) groups is 1. The zero-order valence-corrected chi connectivity index (χ0v) is 18.2. The second-order valence-electron chi connectivity index (χ2n) is 6.29. The van der Waals surface area contributed by atoms with E-state index in [0.717, 1.165) is 0 Å². The first-order valence-electron chi connectivity index (χ1n) is 8.66. The molecule has 0 aliphatic rings. The summed E-state index contributed by atoms with van der Waals surface area (Å²) >= 11 is 3.43. The lowest BCUT2D eigenvalue weighted by atomic mass is 10.1. The van der Waals surface area contributed by atoms with Gasteiger partial charge in [-0.05, 0) is 44.3 Å². The van der Waals surface area contributed by atoms with Crippen LogP contribution in [0, 0.1) is 0 Å². The minimum atomic E-state index is -0.548. The third-order valence-electron chi connectivity index (χ3n) is 4.04. The van der Waals surface area contributed by atoms with Crippen molar-refractivity contribution < 1.29 is 18.9 Å². The van der Waals surface area contributed by atoms with Gasteiger partial charge in [0.2, 0.25) is 11.6 Å². The smallest absolute Gasteiger partial charge is 0.293 e. The van der Waals surface area contributed by atoms with E-state index < -0.39 is 5.91 Å². The Bertz CT molecular complexity index is 1090. The molecule has 0 unspecified atom stereocenters. The Kier molecular flexibility index (Phi) is 6.30. The molecule has 13 heteroatoms. The van der Waals surface area contributed by atoms with Crippen molar-refractivity contribution in [3.05, 3.63) is 33.6 Å². The number of nitrogens with zero attached hydrogens (tertiary/aromatic N) is 6.